The molecule has 1 unspecified atom stereocenters. The van der Waals surface area contributed by atoms with Crippen LogP contribution in [-0.4, -0.2) is 22.2 Å². The Morgan fingerprint density at radius 1 is 1.32 bits per heavy atom. The second-order valence-electron chi connectivity index (χ2n) is 4.85. The van der Waals surface area contributed by atoms with Gasteiger partial charge in [-0.15, -0.1) is 0 Å². The van der Waals surface area contributed by atoms with Gasteiger partial charge in [-0.05, 0) is 37.3 Å². The van der Waals surface area contributed by atoms with E-state index in [1.807, 2.05) is 12.1 Å². The summed E-state index contributed by atoms with van der Waals surface area (Å²) in [6, 6.07) is 12.6. The van der Waals surface area contributed by atoms with E-state index in [2.05, 4.69) is 15.5 Å². The fourth-order valence-corrected chi connectivity index (χ4v) is 2.23. The number of nitrogens with zero attached hydrogens (tertiary/aromatic N) is 1. The number of anilines is 1. The summed E-state index contributed by atoms with van der Waals surface area (Å²) in [6.07, 6.45) is 1.04. The monoisotopic (exact) mass is 315 g/mol. The van der Waals surface area contributed by atoms with Gasteiger partial charge in [0, 0.05) is 11.1 Å². The number of amides is 1. The number of para-hydroxylation sites is 1. The average Bonchev–Trinajstić information content (AvgIpc) is 2.97. The van der Waals surface area contributed by atoms with Crippen molar-refractivity contribution in [2.45, 2.75) is 13.0 Å². The number of nitrogens with one attached hydrogen (secondary N) is 2. The summed E-state index contributed by atoms with van der Waals surface area (Å²) in [4.78, 5) is 12.2. The third-order valence-corrected chi connectivity index (χ3v) is 3.53. The Balaban J connectivity index is 1.69. The van der Waals surface area contributed by atoms with Gasteiger partial charge in [-0.1, -0.05) is 23.7 Å². The summed E-state index contributed by atoms with van der Waals surface area (Å²) < 4.78 is 5.59. The van der Waals surface area contributed by atoms with Crippen molar-refractivity contribution >= 4 is 34.1 Å². The Morgan fingerprint density at radius 3 is 2.95 bits per heavy atom. The van der Waals surface area contributed by atoms with Crippen LogP contribution in [0.2, 0.25) is 5.02 Å². The first-order valence-electron chi connectivity index (χ1n) is 6.78. The van der Waals surface area contributed by atoms with Crippen molar-refractivity contribution in [3.63, 3.8) is 0 Å². The number of hydrogen-bond acceptors (Lipinski definition) is 3. The molecule has 2 N–H and O–H groups in total. The Labute approximate surface area is 132 Å². The van der Waals surface area contributed by atoms with Crippen LogP contribution in [0.3, 0.4) is 0 Å². The molecule has 0 aliphatic carbocycles. The van der Waals surface area contributed by atoms with Crippen molar-refractivity contribution in [3.8, 4) is 5.75 Å². The van der Waals surface area contributed by atoms with E-state index in [0.717, 1.165) is 10.9 Å². The molecule has 0 saturated carbocycles. The quantitative estimate of drug-likeness (QED) is 0.772. The number of hydrogen-bond donors (Lipinski definition) is 2. The highest BCUT2D eigenvalue weighted by atomic mass is 35.5. The molecular formula is C16H14ClN3O2. The zero-order chi connectivity index (χ0) is 15.5. The lowest BCUT2D eigenvalue weighted by Crippen LogP contribution is -2.30. The summed E-state index contributed by atoms with van der Waals surface area (Å²) in [7, 11) is 0. The van der Waals surface area contributed by atoms with E-state index < -0.39 is 6.10 Å². The molecule has 0 fully saturated rings. The van der Waals surface area contributed by atoms with E-state index >= 15 is 0 Å². The summed E-state index contributed by atoms with van der Waals surface area (Å²) in [5.41, 5.74) is 1.60. The maximum absolute atomic E-state index is 12.2. The lowest BCUT2D eigenvalue weighted by Gasteiger charge is -2.15. The normalized spacial score (nSPS) is 12.1. The molecule has 0 saturated heterocycles. The van der Waals surface area contributed by atoms with Crippen molar-refractivity contribution < 1.29 is 9.53 Å². The molecule has 3 rings (SSSR count). The lowest BCUT2D eigenvalue weighted by molar-refractivity contribution is -0.122. The van der Waals surface area contributed by atoms with E-state index in [1.165, 1.54) is 0 Å². The summed E-state index contributed by atoms with van der Waals surface area (Å²) in [5, 5.41) is 11.0. The van der Waals surface area contributed by atoms with E-state index in [1.54, 1.807) is 43.5 Å². The fourth-order valence-electron chi connectivity index (χ4n) is 2.05. The number of carbonyl (C=O) groups is 1. The lowest BCUT2D eigenvalue weighted by atomic mass is 10.2. The third-order valence-electron chi connectivity index (χ3n) is 3.22. The molecule has 1 amide bonds. The number of rotatable bonds is 4. The second kappa shape index (κ2) is 6.07. The molecular weight excluding hydrogens is 302 g/mol. The first-order valence-corrected chi connectivity index (χ1v) is 7.16. The molecule has 22 heavy (non-hydrogen) atoms. The zero-order valence-electron chi connectivity index (χ0n) is 11.8. The van der Waals surface area contributed by atoms with Crippen LogP contribution >= 0.6 is 11.6 Å². The molecule has 6 heteroatoms. The predicted molar refractivity (Wildman–Crippen MR) is 86.3 cm³/mol. The van der Waals surface area contributed by atoms with Crippen molar-refractivity contribution in [2.24, 2.45) is 0 Å². The summed E-state index contributed by atoms with van der Waals surface area (Å²) in [6.45, 7) is 1.68. The molecule has 1 aromatic heterocycles. The molecule has 112 valence electrons. The maximum Gasteiger partial charge on any atom is 0.265 e. The molecule has 0 aliphatic rings. The standard InChI is InChI=1S/C16H14ClN3O2/c1-10(22-15-5-3-2-4-13(15)17)16(21)19-12-6-7-14-11(8-12)9-18-20-14/h2-10H,1H3,(H,18,20)(H,19,21). The minimum absolute atomic E-state index is 0.247. The van der Waals surface area contributed by atoms with Gasteiger partial charge in [0.05, 0.1) is 16.7 Å². The van der Waals surface area contributed by atoms with Gasteiger partial charge in [-0.25, -0.2) is 0 Å². The molecule has 0 spiro atoms. The van der Waals surface area contributed by atoms with E-state index in [-0.39, 0.29) is 5.91 Å². The predicted octanol–water partition coefficient (Wildman–Crippen LogP) is 3.62. The van der Waals surface area contributed by atoms with Gasteiger partial charge in [0.15, 0.2) is 6.10 Å². The minimum atomic E-state index is -0.667. The van der Waals surface area contributed by atoms with Crippen LogP contribution in [0.4, 0.5) is 5.69 Å². The number of benzene rings is 2. The van der Waals surface area contributed by atoms with Crippen LogP contribution in [0.1, 0.15) is 6.92 Å². The summed E-state index contributed by atoms with van der Waals surface area (Å²) in [5.74, 6) is 0.236. The minimum Gasteiger partial charge on any atom is -0.479 e. The number of ether oxygens (including phenoxy) is 1. The summed E-state index contributed by atoms with van der Waals surface area (Å²) >= 11 is 6.02. The van der Waals surface area contributed by atoms with Gasteiger partial charge in [-0.2, -0.15) is 5.10 Å². The molecule has 0 radical (unpaired) electrons. The molecule has 5 nitrogen and oxygen atoms in total. The molecule has 0 aliphatic heterocycles. The Bertz CT molecular complexity index is 816. The molecule has 3 aromatic rings. The first kappa shape index (κ1) is 14.4. The van der Waals surface area contributed by atoms with E-state index in [9.17, 15) is 4.79 Å². The van der Waals surface area contributed by atoms with Gasteiger partial charge in [0.2, 0.25) is 0 Å². The van der Waals surface area contributed by atoms with Crippen molar-refractivity contribution in [2.75, 3.05) is 5.32 Å². The van der Waals surface area contributed by atoms with E-state index in [4.69, 9.17) is 16.3 Å². The topological polar surface area (TPSA) is 67.0 Å². The van der Waals surface area contributed by atoms with Gasteiger partial charge < -0.3 is 10.1 Å². The first-order chi connectivity index (χ1) is 10.6. The zero-order valence-corrected chi connectivity index (χ0v) is 12.6. The molecule has 2 aromatic carbocycles. The Kier molecular flexibility index (Phi) is 3.98. The van der Waals surface area contributed by atoms with Gasteiger partial charge in [-0.3, -0.25) is 9.89 Å². The van der Waals surface area contributed by atoms with Gasteiger partial charge in [0.25, 0.3) is 5.91 Å². The van der Waals surface area contributed by atoms with Crippen LogP contribution in [0.5, 0.6) is 5.75 Å². The number of carbonyl (C=O) groups excluding carboxylic acids is 1. The van der Waals surface area contributed by atoms with Crippen LogP contribution in [0, 0.1) is 0 Å². The number of H-pyrrole nitrogens is 1. The smallest absolute Gasteiger partial charge is 0.265 e. The van der Waals surface area contributed by atoms with Crippen molar-refractivity contribution in [1.29, 1.82) is 0 Å². The molecule has 1 atom stereocenters. The molecule has 0 bridgehead atoms. The molecule has 1 heterocycles. The van der Waals surface area contributed by atoms with Crippen molar-refractivity contribution in [3.05, 3.63) is 53.7 Å². The highest BCUT2D eigenvalue weighted by Gasteiger charge is 2.16. The van der Waals surface area contributed by atoms with Crippen LogP contribution < -0.4 is 10.1 Å². The largest absolute Gasteiger partial charge is 0.479 e. The number of fused-ring (bicyclic) bond motifs is 1. The fraction of sp³-hybridized carbons (Fsp3) is 0.125. The Hall–Kier alpha value is -2.53. The van der Waals surface area contributed by atoms with Crippen LogP contribution in [-0.2, 0) is 4.79 Å². The second-order valence-corrected chi connectivity index (χ2v) is 5.26. The Morgan fingerprint density at radius 2 is 2.14 bits per heavy atom. The van der Waals surface area contributed by atoms with Crippen LogP contribution in [0.15, 0.2) is 48.7 Å². The third kappa shape index (κ3) is 3.04. The maximum atomic E-state index is 12.2. The van der Waals surface area contributed by atoms with E-state index in [0.29, 0.717) is 16.5 Å². The highest BCUT2D eigenvalue weighted by molar-refractivity contribution is 6.32. The number of aromatic nitrogens is 2. The SMILES string of the molecule is CC(Oc1ccccc1Cl)C(=O)Nc1ccc2[nH]ncc2c1. The van der Waals surface area contributed by atoms with Crippen LogP contribution in [0.25, 0.3) is 10.9 Å². The average molecular weight is 316 g/mol. The number of halogens is 1. The van der Waals surface area contributed by atoms with Crippen molar-refractivity contribution in [1.82, 2.24) is 10.2 Å². The number of aromatic amines is 1. The van der Waals surface area contributed by atoms with Gasteiger partial charge >= 0.3 is 0 Å². The highest BCUT2D eigenvalue weighted by Crippen LogP contribution is 2.24. The van der Waals surface area contributed by atoms with Gasteiger partial charge in [0.1, 0.15) is 5.75 Å².